The predicted octanol–water partition coefficient (Wildman–Crippen LogP) is 7.32. The number of halogens is 4. The highest BCUT2D eigenvalue weighted by molar-refractivity contribution is 7.18. The number of aromatic carboxylic acids is 1. The van der Waals surface area contributed by atoms with Gasteiger partial charge in [0.15, 0.2) is 0 Å². The Morgan fingerprint density at radius 1 is 1.15 bits per heavy atom. The number of carbonyl (C=O) groups is 1. The smallest absolute Gasteiger partial charge is 0.417 e. The van der Waals surface area contributed by atoms with E-state index in [1.807, 2.05) is 6.07 Å². The van der Waals surface area contributed by atoms with Gasteiger partial charge in [-0.2, -0.15) is 23.5 Å². The standard InChI is InChI=1S/C33H24ClF3N6O4S/c1-15-13-42(4)41-28(15)26-21(12-38)27-24(11-23(26)33(35,36)37)40-17(3)43(31(27)44)7-8-47-25-6-5-18(34)10-19(25)20-9-16(2)39-29-22(32(45)46)14-48-30(20)29/h5-6,9-11,13-14H,7-8H2,1-4H3,(H,45,46). The molecule has 48 heavy (non-hydrogen) atoms. The van der Waals surface area contributed by atoms with E-state index in [1.54, 1.807) is 45.2 Å². The zero-order valence-corrected chi connectivity index (χ0v) is 27.3. The maximum absolute atomic E-state index is 14.3. The number of hydrogen-bond acceptors (Lipinski definition) is 8. The van der Waals surface area contributed by atoms with Gasteiger partial charge in [-0.3, -0.25) is 19.0 Å². The fourth-order valence-corrected chi connectivity index (χ4v) is 6.95. The lowest BCUT2D eigenvalue weighted by molar-refractivity contribution is -0.137. The number of fused-ring (bicyclic) bond motifs is 2. The van der Waals surface area contributed by atoms with Gasteiger partial charge in [0.2, 0.25) is 0 Å². The molecular formula is C33H24ClF3N6O4S. The normalized spacial score (nSPS) is 11.7. The summed E-state index contributed by atoms with van der Waals surface area (Å²) in [5, 5.41) is 25.6. The maximum Gasteiger partial charge on any atom is 0.417 e. The van der Waals surface area contributed by atoms with Crippen LogP contribution in [0.25, 0.3) is 43.5 Å². The maximum atomic E-state index is 14.3. The number of carboxylic acids is 1. The molecule has 2 aromatic carbocycles. The average molecular weight is 693 g/mol. The average Bonchev–Trinajstić information content (AvgIpc) is 3.59. The van der Waals surface area contributed by atoms with Crippen LogP contribution in [-0.2, 0) is 19.8 Å². The van der Waals surface area contributed by atoms with E-state index in [0.29, 0.717) is 43.4 Å². The van der Waals surface area contributed by atoms with Crippen LogP contribution in [0.15, 0.2) is 46.7 Å². The molecule has 0 bridgehead atoms. The molecule has 0 atom stereocenters. The van der Waals surface area contributed by atoms with Crippen molar-refractivity contribution in [2.24, 2.45) is 7.05 Å². The van der Waals surface area contributed by atoms with Gasteiger partial charge in [-0.25, -0.2) is 9.78 Å². The number of aryl methyl sites for hydroxylation is 4. The van der Waals surface area contributed by atoms with Crippen molar-refractivity contribution in [3.05, 3.63) is 91.1 Å². The largest absolute Gasteiger partial charge is 0.491 e. The SMILES string of the molecule is Cc1cc(-c2cc(Cl)ccc2OCCn2c(C)nc3cc(C(F)(F)F)c(-c4nn(C)cc4C)c(C#N)c3c2=O)c2scc(C(=O)O)c2n1. The fourth-order valence-electron chi connectivity index (χ4n) is 5.76. The number of rotatable bonds is 7. The number of nitrogens with zero attached hydrogens (tertiary/aromatic N) is 6. The number of nitriles is 1. The molecule has 0 spiro atoms. The Bertz CT molecular complexity index is 2410. The first-order valence-electron chi connectivity index (χ1n) is 14.3. The number of hydrogen-bond donors (Lipinski definition) is 1. The first-order valence-corrected chi connectivity index (χ1v) is 15.6. The summed E-state index contributed by atoms with van der Waals surface area (Å²) >= 11 is 7.58. The summed E-state index contributed by atoms with van der Waals surface area (Å²) in [6, 6.07) is 9.35. The Morgan fingerprint density at radius 2 is 1.90 bits per heavy atom. The highest BCUT2D eigenvalue weighted by atomic mass is 35.5. The Kier molecular flexibility index (Phi) is 8.22. The van der Waals surface area contributed by atoms with Crippen molar-refractivity contribution in [2.75, 3.05) is 6.61 Å². The van der Waals surface area contributed by atoms with Crippen LogP contribution in [0, 0.1) is 32.1 Å². The van der Waals surface area contributed by atoms with Crippen molar-refractivity contribution in [3.8, 4) is 34.2 Å². The van der Waals surface area contributed by atoms with Crippen molar-refractivity contribution in [2.45, 2.75) is 33.5 Å². The number of benzene rings is 2. The van der Waals surface area contributed by atoms with E-state index >= 15 is 0 Å². The molecule has 6 aromatic rings. The highest BCUT2D eigenvalue weighted by Gasteiger charge is 2.38. The minimum atomic E-state index is -4.86. The zero-order valence-electron chi connectivity index (χ0n) is 25.7. The number of aromatic nitrogens is 5. The van der Waals surface area contributed by atoms with Crippen LogP contribution in [0.4, 0.5) is 13.2 Å². The first kappa shape index (κ1) is 32.7. The van der Waals surface area contributed by atoms with Gasteiger partial charge in [0, 0.05) is 46.0 Å². The summed E-state index contributed by atoms with van der Waals surface area (Å²) in [5.74, 6) is -0.594. The highest BCUT2D eigenvalue weighted by Crippen LogP contribution is 2.42. The van der Waals surface area contributed by atoms with Gasteiger partial charge in [0.05, 0.1) is 50.0 Å². The molecule has 0 radical (unpaired) electrons. The van der Waals surface area contributed by atoms with E-state index < -0.39 is 34.4 Å². The Labute approximate surface area is 279 Å². The number of alkyl halides is 3. The third-order valence-corrected chi connectivity index (χ3v) is 9.03. The van der Waals surface area contributed by atoms with Crippen LogP contribution in [0.3, 0.4) is 0 Å². The summed E-state index contributed by atoms with van der Waals surface area (Å²) in [6.07, 6.45) is -3.33. The molecule has 6 rings (SSSR count). The second-order valence-electron chi connectivity index (χ2n) is 11.1. The molecule has 15 heteroatoms. The molecule has 1 N–H and O–H groups in total. The quantitative estimate of drug-likeness (QED) is 0.184. The molecule has 10 nitrogen and oxygen atoms in total. The van der Waals surface area contributed by atoms with Gasteiger partial charge in [-0.1, -0.05) is 11.6 Å². The molecule has 0 amide bonds. The van der Waals surface area contributed by atoms with Crippen molar-refractivity contribution in [3.63, 3.8) is 0 Å². The topological polar surface area (TPSA) is 136 Å². The van der Waals surface area contributed by atoms with E-state index in [9.17, 15) is 33.1 Å². The molecule has 0 aliphatic rings. The van der Waals surface area contributed by atoms with Crippen LogP contribution < -0.4 is 10.3 Å². The number of pyridine rings is 1. The summed E-state index contributed by atoms with van der Waals surface area (Å²) in [6.45, 7) is 4.66. The van der Waals surface area contributed by atoms with Gasteiger partial charge >= 0.3 is 12.1 Å². The van der Waals surface area contributed by atoms with Crippen LogP contribution in [0.2, 0.25) is 5.02 Å². The Morgan fingerprint density at radius 3 is 2.54 bits per heavy atom. The summed E-state index contributed by atoms with van der Waals surface area (Å²) in [5.41, 5.74) is -0.479. The van der Waals surface area contributed by atoms with Crippen molar-refractivity contribution < 1.29 is 27.8 Å². The number of carboxylic acid groups (broad SMARTS) is 1. The van der Waals surface area contributed by atoms with Crippen LogP contribution in [0.1, 0.15) is 38.6 Å². The van der Waals surface area contributed by atoms with E-state index in [-0.39, 0.29) is 41.1 Å². The van der Waals surface area contributed by atoms with Gasteiger partial charge in [0.1, 0.15) is 24.3 Å². The number of ether oxygens (including phenoxy) is 1. The lowest BCUT2D eigenvalue weighted by Gasteiger charge is -2.18. The molecule has 0 fully saturated rings. The molecule has 4 aromatic heterocycles. The van der Waals surface area contributed by atoms with Gasteiger partial charge in [-0.15, -0.1) is 11.3 Å². The van der Waals surface area contributed by atoms with Crippen molar-refractivity contribution >= 4 is 50.0 Å². The van der Waals surface area contributed by atoms with Gasteiger partial charge in [-0.05, 0) is 56.7 Å². The molecule has 0 saturated heterocycles. The van der Waals surface area contributed by atoms with Crippen LogP contribution in [-0.4, -0.2) is 42.0 Å². The monoisotopic (exact) mass is 692 g/mol. The predicted molar refractivity (Wildman–Crippen MR) is 175 cm³/mol. The lowest BCUT2D eigenvalue weighted by atomic mass is 9.93. The molecule has 0 aliphatic carbocycles. The molecule has 0 unspecified atom stereocenters. The Hall–Kier alpha value is -5.26. The zero-order chi connectivity index (χ0) is 34.7. The van der Waals surface area contributed by atoms with E-state index in [2.05, 4.69) is 15.1 Å². The van der Waals surface area contributed by atoms with E-state index in [1.165, 1.54) is 39.1 Å². The molecule has 244 valence electrons. The minimum Gasteiger partial charge on any atom is -0.491 e. The summed E-state index contributed by atoms with van der Waals surface area (Å²) < 4.78 is 52.4. The molecule has 0 saturated carbocycles. The van der Waals surface area contributed by atoms with E-state index in [0.717, 1.165) is 6.07 Å². The molecule has 0 aliphatic heterocycles. The van der Waals surface area contributed by atoms with Gasteiger partial charge < -0.3 is 9.84 Å². The summed E-state index contributed by atoms with van der Waals surface area (Å²) in [7, 11) is 1.55. The fraction of sp³-hybridized carbons (Fsp3) is 0.212. The lowest BCUT2D eigenvalue weighted by Crippen LogP contribution is -2.27. The van der Waals surface area contributed by atoms with Gasteiger partial charge in [0.25, 0.3) is 5.56 Å². The van der Waals surface area contributed by atoms with E-state index in [4.69, 9.17) is 16.3 Å². The number of thiophene rings is 1. The van der Waals surface area contributed by atoms with Crippen LogP contribution >= 0.6 is 22.9 Å². The first-order chi connectivity index (χ1) is 22.7. The third kappa shape index (κ3) is 5.65. The third-order valence-electron chi connectivity index (χ3n) is 7.79. The van der Waals surface area contributed by atoms with Crippen molar-refractivity contribution in [1.82, 2.24) is 24.3 Å². The minimum absolute atomic E-state index is 0.0601. The van der Waals surface area contributed by atoms with Crippen LogP contribution in [0.5, 0.6) is 5.75 Å². The molecule has 4 heterocycles. The second kappa shape index (κ2) is 12.1. The summed E-state index contributed by atoms with van der Waals surface area (Å²) in [4.78, 5) is 34.4. The Balaban J connectivity index is 1.42. The second-order valence-corrected chi connectivity index (χ2v) is 12.4. The van der Waals surface area contributed by atoms with Crippen molar-refractivity contribution in [1.29, 1.82) is 5.26 Å². The molecular weight excluding hydrogens is 669 g/mol.